The van der Waals surface area contributed by atoms with Gasteiger partial charge in [0.05, 0.1) is 23.0 Å². The molecule has 1 N–H and O–H groups in total. The molecule has 0 aromatic carbocycles. The number of nitrogens with zero attached hydrogens (tertiary/aromatic N) is 3. The van der Waals surface area contributed by atoms with Gasteiger partial charge in [0.25, 0.3) is 0 Å². The third-order valence-corrected chi connectivity index (χ3v) is 7.11. The van der Waals surface area contributed by atoms with Crippen LogP contribution in [0.2, 0.25) is 0 Å². The summed E-state index contributed by atoms with van der Waals surface area (Å²) < 4.78 is 2.01. The molecule has 126 valence electrons. The lowest BCUT2D eigenvalue weighted by atomic mass is 9.49. The van der Waals surface area contributed by atoms with Crippen molar-refractivity contribution in [3.63, 3.8) is 0 Å². The van der Waals surface area contributed by atoms with Gasteiger partial charge in [-0.2, -0.15) is 5.10 Å². The van der Waals surface area contributed by atoms with Gasteiger partial charge in [-0.15, -0.1) is 11.3 Å². The number of nitrogens with one attached hydrogen (secondary N) is 1. The van der Waals surface area contributed by atoms with Crippen LogP contribution < -0.4 is 5.43 Å². The van der Waals surface area contributed by atoms with E-state index in [0.717, 1.165) is 53.4 Å². The molecule has 0 saturated heterocycles. The third kappa shape index (κ3) is 2.15. The Labute approximate surface area is 145 Å². The van der Waals surface area contributed by atoms with E-state index in [4.69, 9.17) is 0 Å². The Morgan fingerprint density at radius 3 is 2.67 bits per heavy atom. The number of fused-ring (bicyclic) bond motifs is 1. The minimum atomic E-state index is -0.143. The van der Waals surface area contributed by atoms with Crippen LogP contribution in [0.15, 0.2) is 16.7 Å². The van der Waals surface area contributed by atoms with E-state index in [2.05, 4.69) is 15.5 Å². The summed E-state index contributed by atoms with van der Waals surface area (Å²) >= 11 is 1.60. The molecule has 2 aromatic rings. The highest BCUT2D eigenvalue weighted by molar-refractivity contribution is 7.15. The van der Waals surface area contributed by atoms with E-state index >= 15 is 0 Å². The predicted octanol–water partition coefficient (Wildman–Crippen LogP) is 3.37. The number of imidazole rings is 1. The molecule has 4 saturated carbocycles. The first-order chi connectivity index (χ1) is 11.6. The lowest BCUT2D eigenvalue weighted by molar-refractivity contribution is -0.146. The van der Waals surface area contributed by atoms with E-state index in [9.17, 15) is 4.79 Å². The van der Waals surface area contributed by atoms with Gasteiger partial charge >= 0.3 is 0 Å². The first kappa shape index (κ1) is 14.6. The number of aryl methyl sites for hydroxylation is 1. The largest absolute Gasteiger partial charge is 0.289 e. The van der Waals surface area contributed by atoms with E-state index in [1.54, 1.807) is 17.6 Å². The van der Waals surface area contributed by atoms with Crippen molar-refractivity contribution in [2.45, 2.75) is 45.4 Å². The lowest BCUT2D eigenvalue weighted by Gasteiger charge is -2.55. The molecule has 4 bridgehead atoms. The molecule has 0 aliphatic heterocycles. The van der Waals surface area contributed by atoms with Gasteiger partial charge in [0, 0.05) is 11.6 Å². The van der Waals surface area contributed by atoms with Crippen molar-refractivity contribution in [3.8, 4) is 0 Å². The number of hydrogen-bond donors (Lipinski definition) is 1. The van der Waals surface area contributed by atoms with Crippen LogP contribution >= 0.6 is 11.3 Å². The summed E-state index contributed by atoms with van der Waals surface area (Å²) in [5, 5.41) is 6.29. The Kier molecular flexibility index (Phi) is 3.14. The fourth-order valence-electron chi connectivity index (χ4n) is 5.73. The van der Waals surface area contributed by atoms with Gasteiger partial charge in [0.2, 0.25) is 5.91 Å². The van der Waals surface area contributed by atoms with Crippen molar-refractivity contribution in [1.29, 1.82) is 0 Å². The quantitative estimate of drug-likeness (QED) is 0.687. The van der Waals surface area contributed by atoms with Crippen LogP contribution in [0.5, 0.6) is 0 Å². The molecule has 6 heteroatoms. The van der Waals surface area contributed by atoms with Crippen molar-refractivity contribution >= 4 is 28.4 Å². The highest BCUT2D eigenvalue weighted by Crippen LogP contribution is 2.60. The number of thiazole rings is 1. The third-order valence-electron chi connectivity index (χ3n) is 6.36. The second kappa shape index (κ2) is 5.15. The molecule has 2 heterocycles. The van der Waals surface area contributed by atoms with E-state index in [1.807, 2.05) is 22.9 Å². The van der Waals surface area contributed by atoms with Gasteiger partial charge in [0.15, 0.2) is 4.96 Å². The number of amides is 1. The molecule has 5 nitrogen and oxygen atoms in total. The minimum Gasteiger partial charge on any atom is -0.289 e. The standard InChI is InChI=1S/C18H22N4OS/c1-11-15(22-2-3-24-17(22)20-11)10-19-21-16(23)18-7-12-4-13(8-18)6-14(5-12)9-18/h2-3,10,12-14H,4-9H2,1H3,(H,21,23)/b19-10+. The van der Waals surface area contributed by atoms with Crippen molar-refractivity contribution in [3.05, 3.63) is 23.0 Å². The van der Waals surface area contributed by atoms with Gasteiger partial charge in [-0.05, 0) is 63.2 Å². The molecule has 0 radical (unpaired) electrons. The van der Waals surface area contributed by atoms with Crippen LogP contribution in [0.25, 0.3) is 4.96 Å². The molecule has 4 aliphatic rings. The zero-order chi connectivity index (χ0) is 16.3. The maximum Gasteiger partial charge on any atom is 0.246 e. The summed E-state index contributed by atoms with van der Waals surface area (Å²) in [6.07, 6.45) is 11.0. The Balaban J connectivity index is 1.34. The van der Waals surface area contributed by atoms with E-state index in [-0.39, 0.29) is 11.3 Å². The number of aromatic nitrogens is 2. The Morgan fingerprint density at radius 1 is 1.33 bits per heavy atom. The van der Waals surface area contributed by atoms with Crippen molar-refractivity contribution < 1.29 is 4.79 Å². The topological polar surface area (TPSA) is 58.8 Å². The monoisotopic (exact) mass is 342 g/mol. The second-order valence-electron chi connectivity index (χ2n) is 8.04. The average molecular weight is 342 g/mol. The molecule has 4 aliphatic carbocycles. The smallest absolute Gasteiger partial charge is 0.246 e. The van der Waals surface area contributed by atoms with E-state index in [0.29, 0.717) is 0 Å². The lowest BCUT2D eigenvalue weighted by Crippen LogP contribution is -2.52. The summed E-state index contributed by atoms with van der Waals surface area (Å²) in [4.78, 5) is 18.3. The summed E-state index contributed by atoms with van der Waals surface area (Å²) in [5.41, 5.74) is 4.59. The Bertz CT molecular complexity index is 798. The van der Waals surface area contributed by atoms with Crippen LogP contribution in [-0.2, 0) is 4.79 Å². The van der Waals surface area contributed by atoms with Gasteiger partial charge < -0.3 is 0 Å². The number of carbonyl (C=O) groups excluding carboxylic acids is 1. The minimum absolute atomic E-state index is 0.140. The molecule has 2 aromatic heterocycles. The van der Waals surface area contributed by atoms with E-state index < -0.39 is 0 Å². The first-order valence-corrected chi connectivity index (χ1v) is 9.76. The summed E-state index contributed by atoms with van der Waals surface area (Å²) in [5.74, 6) is 2.46. The first-order valence-electron chi connectivity index (χ1n) is 8.89. The highest BCUT2D eigenvalue weighted by atomic mass is 32.1. The van der Waals surface area contributed by atoms with Gasteiger partial charge in [-0.25, -0.2) is 10.4 Å². The number of carbonyl (C=O) groups is 1. The molecule has 0 atom stereocenters. The maximum atomic E-state index is 12.9. The Morgan fingerprint density at radius 2 is 2.00 bits per heavy atom. The molecule has 0 unspecified atom stereocenters. The molecule has 1 amide bonds. The zero-order valence-corrected chi connectivity index (χ0v) is 14.7. The number of hydrogen-bond acceptors (Lipinski definition) is 4. The van der Waals surface area contributed by atoms with Crippen molar-refractivity contribution in [2.24, 2.45) is 28.3 Å². The average Bonchev–Trinajstić information content (AvgIpc) is 3.08. The fourth-order valence-corrected chi connectivity index (χ4v) is 6.49. The second-order valence-corrected chi connectivity index (χ2v) is 8.91. The predicted molar refractivity (Wildman–Crippen MR) is 94.1 cm³/mol. The zero-order valence-electron chi connectivity index (χ0n) is 13.9. The van der Waals surface area contributed by atoms with Gasteiger partial charge in [0.1, 0.15) is 0 Å². The summed E-state index contributed by atoms with van der Waals surface area (Å²) in [6.45, 7) is 1.97. The molecular formula is C18H22N4OS. The van der Waals surface area contributed by atoms with Crippen LogP contribution in [0.1, 0.15) is 49.9 Å². The molecule has 4 fully saturated rings. The van der Waals surface area contributed by atoms with Gasteiger partial charge in [-0.3, -0.25) is 9.20 Å². The normalized spacial score (nSPS) is 34.5. The van der Waals surface area contributed by atoms with Crippen molar-refractivity contribution in [1.82, 2.24) is 14.8 Å². The molecular weight excluding hydrogens is 320 g/mol. The maximum absolute atomic E-state index is 12.9. The number of rotatable bonds is 3. The highest BCUT2D eigenvalue weighted by Gasteiger charge is 2.54. The SMILES string of the molecule is Cc1nc2sccn2c1/C=N/NC(=O)C12CC3CC(CC(C3)C1)C2. The van der Waals surface area contributed by atoms with E-state index in [1.165, 1.54) is 19.3 Å². The Hall–Kier alpha value is -1.69. The van der Waals surface area contributed by atoms with Crippen molar-refractivity contribution in [2.75, 3.05) is 0 Å². The van der Waals surface area contributed by atoms with Crippen LogP contribution in [0.4, 0.5) is 0 Å². The fraction of sp³-hybridized carbons (Fsp3) is 0.611. The number of hydrazone groups is 1. The van der Waals surface area contributed by atoms with Gasteiger partial charge in [-0.1, -0.05) is 0 Å². The molecule has 0 spiro atoms. The van der Waals surface area contributed by atoms with Crippen LogP contribution in [0.3, 0.4) is 0 Å². The van der Waals surface area contributed by atoms with Crippen LogP contribution in [-0.4, -0.2) is 21.5 Å². The molecule has 24 heavy (non-hydrogen) atoms. The summed E-state index contributed by atoms with van der Waals surface area (Å²) in [6, 6.07) is 0. The van der Waals surface area contributed by atoms with Crippen LogP contribution in [0, 0.1) is 30.1 Å². The summed E-state index contributed by atoms with van der Waals surface area (Å²) in [7, 11) is 0. The molecule has 6 rings (SSSR count).